The maximum Gasteiger partial charge on any atom is 0.141 e. The Balaban J connectivity index is 3.14. The van der Waals surface area contributed by atoms with Gasteiger partial charge in [0, 0.05) is 12.0 Å². The molecule has 90 valence electrons. The largest absolute Gasteiger partial charge is 0.383 e. The lowest BCUT2D eigenvalue weighted by atomic mass is 9.70. The molecule has 0 fully saturated rings. The highest BCUT2D eigenvalue weighted by Gasteiger charge is 2.43. The van der Waals surface area contributed by atoms with E-state index in [0.717, 1.165) is 12.6 Å². The van der Waals surface area contributed by atoms with Gasteiger partial charge in [-0.1, -0.05) is 13.8 Å². The average Bonchev–Trinajstić information content (AvgIpc) is 2.28. The van der Waals surface area contributed by atoms with Crippen LogP contribution in [0.15, 0.2) is 18.3 Å². The fraction of sp³-hybridized carbons (Fsp3) is 0.583. The van der Waals surface area contributed by atoms with Gasteiger partial charge in [0.25, 0.3) is 0 Å². The molecule has 2 atom stereocenters. The van der Waals surface area contributed by atoms with Crippen molar-refractivity contribution in [2.45, 2.75) is 32.8 Å². The van der Waals surface area contributed by atoms with Crippen molar-refractivity contribution >= 4 is 0 Å². The van der Waals surface area contributed by atoms with E-state index in [1.165, 1.54) is 12.1 Å². The van der Waals surface area contributed by atoms with Gasteiger partial charge in [0.1, 0.15) is 11.4 Å². The van der Waals surface area contributed by atoms with Crippen molar-refractivity contribution in [2.75, 3.05) is 6.54 Å². The molecule has 0 bridgehead atoms. The van der Waals surface area contributed by atoms with Crippen LogP contribution in [0.2, 0.25) is 0 Å². The molecule has 1 rings (SSSR count). The van der Waals surface area contributed by atoms with Crippen molar-refractivity contribution < 1.29 is 9.50 Å². The molecule has 0 saturated heterocycles. The van der Waals surface area contributed by atoms with Gasteiger partial charge in [0.05, 0.1) is 11.9 Å². The zero-order valence-electron chi connectivity index (χ0n) is 10.00. The number of rotatable bonds is 4. The highest BCUT2D eigenvalue weighted by atomic mass is 19.1. The number of halogens is 1. The molecule has 2 unspecified atom stereocenters. The first-order valence-corrected chi connectivity index (χ1v) is 5.42. The van der Waals surface area contributed by atoms with E-state index in [2.05, 4.69) is 4.98 Å². The Morgan fingerprint density at radius 1 is 1.44 bits per heavy atom. The normalized spacial score (nSPS) is 18.9. The minimum Gasteiger partial charge on any atom is -0.383 e. The molecule has 16 heavy (non-hydrogen) atoms. The number of hydrogen-bond acceptors (Lipinski definition) is 3. The quantitative estimate of drug-likeness (QED) is 0.823. The van der Waals surface area contributed by atoms with Crippen molar-refractivity contribution in [3.05, 3.63) is 29.8 Å². The van der Waals surface area contributed by atoms with Gasteiger partial charge in [-0.3, -0.25) is 4.98 Å². The summed E-state index contributed by atoms with van der Waals surface area (Å²) < 4.78 is 12.8. The molecular weight excluding hydrogens is 207 g/mol. The van der Waals surface area contributed by atoms with Crippen molar-refractivity contribution in [1.82, 2.24) is 4.98 Å². The summed E-state index contributed by atoms with van der Waals surface area (Å²) in [4.78, 5) is 3.93. The summed E-state index contributed by atoms with van der Waals surface area (Å²) in [6.07, 6.45) is 1.83. The Hall–Kier alpha value is -1.00. The van der Waals surface area contributed by atoms with Gasteiger partial charge in [-0.2, -0.15) is 0 Å². The molecule has 0 saturated carbocycles. The molecule has 1 aromatic rings. The number of nitrogens with two attached hydrogens (primary N) is 1. The van der Waals surface area contributed by atoms with Crippen LogP contribution < -0.4 is 5.73 Å². The molecule has 0 aliphatic rings. The van der Waals surface area contributed by atoms with Crippen molar-refractivity contribution in [3.8, 4) is 0 Å². The van der Waals surface area contributed by atoms with Gasteiger partial charge < -0.3 is 10.8 Å². The van der Waals surface area contributed by atoms with E-state index in [-0.39, 0.29) is 0 Å². The Bertz CT molecular complexity index is 345. The molecular formula is C12H19FN2O. The summed E-state index contributed by atoms with van der Waals surface area (Å²) in [5.74, 6) is -0.412. The summed E-state index contributed by atoms with van der Waals surface area (Å²) in [5, 5.41) is 10.5. The first-order chi connectivity index (χ1) is 7.37. The second-order valence-corrected chi connectivity index (χ2v) is 4.55. The fourth-order valence-corrected chi connectivity index (χ4v) is 1.66. The lowest BCUT2D eigenvalue weighted by Crippen LogP contribution is -2.46. The predicted octanol–water partition coefficient (Wildman–Crippen LogP) is 1.80. The zero-order chi connectivity index (χ0) is 12.4. The first kappa shape index (κ1) is 13.1. The van der Waals surface area contributed by atoms with Gasteiger partial charge in [-0.05, 0) is 25.5 Å². The van der Waals surface area contributed by atoms with E-state index in [4.69, 9.17) is 5.73 Å². The molecule has 0 spiro atoms. The summed E-state index contributed by atoms with van der Waals surface area (Å²) in [7, 11) is 0. The lowest BCUT2D eigenvalue weighted by Gasteiger charge is -2.41. The average molecular weight is 226 g/mol. The third-order valence-corrected chi connectivity index (χ3v) is 3.63. The minimum absolute atomic E-state index is 0.343. The minimum atomic E-state index is -1.16. The second kappa shape index (κ2) is 4.47. The fourth-order valence-electron chi connectivity index (χ4n) is 1.66. The smallest absolute Gasteiger partial charge is 0.141 e. The molecule has 3 N–H and O–H groups in total. The van der Waals surface area contributed by atoms with Crippen molar-refractivity contribution in [1.29, 1.82) is 0 Å². The maximum absolute atomic E-state index is 12.8. The molecule has 4 heteroatoms. The predicted molar refractivity (Wildman–Crippen MR) is 61.2 cm³/mol. The first-order valence-electron chi connectivity index (χ1n) is 5.42. The lowest BCUT2D eigenvalue weighted by molar-refractivity contribution is -0.0680. The molecule has 3 nitrogen and oxygen atoms in total. The SMILES string of the molecule is CCC(C)(CN)C(C)(O)c1ccc(F)cn1. The third kappa shape index (κ3) is 2.08. The van der Waals surface area contributed by atoms with E-state index in [1.54, 1.807) is 6.92 Å². The molecule has 0 radical (unpaired) electrons. The standard InChI is InChI=1S/C12H19FN2O/c1-4-11(2,8-14)12(3,16)10-6-5-9(13)7-15-10/h5-7,16H,4,8,14H2,1-3H3. The Morgan fingerprint density at radius 3 is 2.44 bits per heavy atom. The van der Waals surface area contributed by atoms with Crippen LogP contribution >= 0.6 is 0 Å². The molecule has 0 aliphatic carbocycles. The van der Waals surface area contributed by atoms with Crippen LogP contribution in [0.4, 0.5) is 4.39 Å². The van der Waals surface area contributed by atoms with Crippen LogP contribution in [0.25, 0.3) is 0 Å². The van der Waals surface area contributed by atoms with Gasteiger partial charge in [-0.15, -0.1) is 0 Å². The van der Waals surface area contributed by atoms with E-state index < -0.39 is 16.8 Å². The summed E-state index contributed by atoms with van der Waals surface area (Å²) >= 11 is 0. The van der Waals surface area contributed by atoms with Crippen LogP contribution in [0, 0.1) is 11.2 Å². The topological polar surface area (TPSA) is 59.1 Å². The van der Waals surface area contributed by atoms with Crippen LogP contribution in [-0.2, 0) is 5.60 Å². The molecule has 0 aliphatic heterocycles. The van der Waals surface area contributed by atoms with Crippen LogP contribution in [0.5, 0.6) is 0 Å². The van der Waals surface area contributed by atoms with Crippen molar-refractivity contribution in [2.24, 2.45) is 11.1 Å². The van der Waals surface area contributed by atoms with Crippen LogP contribution in [0.1, 0.15) is 32.9 Å². The number of aromatic nitrogens is 1. The molecule has 0 amide bonds. The van der Waals surface area contributed by atoms with E-state index in [9.17, 15) is 9.50 Å². The maximum atomic E-state index is 12.8. The highest BCUT2D eigenvalue weighted by Crippen LogP contribution is 2.40. The molecule has 0 aromatic carbocycles. The van der Waals surface area contributed by atoms with E-state index >= 15 is 0 Å². The van der Waals surface area contributed by atoms with Gasteiger partial charge >= 0.3 is 0 Å². The Morgan fingerprint density at radius 2 is 2.06 bits per heavy atom. The van der Waals surface area contributed by atoms with Crippen LogP contribution in [0.3, 0.4) is 0 Å². The Labute approximate surface area is 95.5 Å². The third-order valence-electron chi connectivity index (χ3n) is 3.63. The number of aliphatic hydroxyl groups is 1. The van der Waals surface area contributed by atoms with E-state index in [1.807, 2.05) is 13.8 Å². The van der Waals surface area contributed by atoms with Gasteiger partial charge in [0.2, 0.25) is 0 Å². The molecule has 1 heterocycles. The second-order valence-electron chi connectivity index (χ2n) is 4.55. The summed E-state index contributed by atoms with van der Waals surface area (Å²) in [6, 6.07) is 2.79. The monoisotopic (exact) mass is 226 g/mol. The van der Waals surface area contributed by atoms with Gasteiger partial charge in [0.15, 0.2) is 0 Å². The highest BCUT2D eigenvalue weighted by molar-refractivity contribution is 5.16. The number of hydrogen-bond donors (Lipinski definition) is 2. The van der Waals surface area contributed by atoms with Crippen molar-refractivity contribution in [3.63, 3.8) is 0 Å². The van der Waals surface area contributed by atoms with E-state index in [0.29, 0.717) is 12.2 Å². The van der Waals surface area contributed by atoms with Gasteiger partial charge in [-0.25, -0.2) is 4.39 Å². The summed E-state index contributed by atoms with van der Waals surface area (Å²) in [6.45, 7) is 5.88. The zero-order valence-corrected chi connectivity index (χ0v) is 10.00. The number of nitrogens with zero attached hydrogens (tertiary/aromatic N) is 1. The summed E-state index contributed by atoms with van der Waals surface area (Å²) in [5.41, 5.74) is 4.52. The Kier molecular flexibility index (Phi) is 3.65. The van der Waals surface area contributed by atoms with Crippen LogP contribution in [-0.4, -0.2) is 16.6 Å². The number of pyridine rings is 1. The molecule has 1 aromatic heterocycles.